The van der Waals surface area contributed by atoms with Crippen LogP contribution in [0.2, 0.25) is 5.02 Å². The number of nitrogens with one attached hydrogen (secondary N) is 2. The Kier molecular flexibility index (Phi) is 3.93. The zero-order chi connectivity index (χ0) is 15.5. The number of halogens is 1. The summed E-state index contributed by atoms with van der Waals surface area (Å²) >= 11 is 5.85. The summed E-state index contributed by atoms with van der Waals surface area (Å²) in [5, 5.41) is 13.5. The number of aryl methyl sites for hydroxylation is 1. The first-order chi connectivity index (χ1) is 10.6. The third kappa shape index (κ3) is 3.17. The number of hydrogen-bond acceptors (Lipinski definition) is 3. The maximum atomic E-state index is 12.0. The van der Waals surface area contributed by atoms with Crippen LogP contribution in [0.5, 0.6) is 0 Å². The minimum atomic E-state index is -0.349. The Bertz CT molecular complexity index is 808. The number of hydrogen-bond donors (Lipinski definition) is 2. The second-order valence-corrected chi connectivity index (χ2v) is 5.37. The van der Waals surface area contributed by atoms with Gasteiger partial charge in [0.2, 0.25) is 0 Å². The monoisotopic (exact) mass is 315 g/mol. The highest BCUT2D eigenvalue weighted by atomic mass is 35.5. The van der Waals surface area contributed by atoms with E-state index >= 15 is 0 Å². The Hall–Kier alpha value is -2.60. The fourth-order valence-corrected chi connectivity index (χ4v) is 2.31. The zero-order valence-corrected chi connectivity index (χ0v) is 12.6. The lowest BCUT2D eigenvalue weighted by Gasteiger charge is -2.03. The van der Waals surface area contributed by atoms with Crippen LogP contribution < -0.4 is 5.32 Å². The summed E-state index contributed by atoms with van der Waals surface area (Å²) in [5.74, 6) is -0.349. The predicted molar refractivity (Wildman–Crippen MR) is 84.1 cm³/mol. The average Bonchev–Trinajstić information content (AvgIpc) is 3.08. The van der Waals surface area contributed by atoms with Gasteiger partial charge in [-0.3, -0.25) is 14.6 Å². The van der Waals surface area contributed by atoms with E-state index in [9.17, 15) is 4.79 Å². The van der Waals surface area contributed by atoms with Crippen LogP contribution in [0.15, 0.2) is 42.9 Å². The number of rotatable bonds is 4. The number of aromatic nitrogens is 4. The minimum absolute atomic E-state index is 0.230. The van der Waals surface area contributed by atoms with E-state index in [2.05, 4.69) is 26.7 Å². The van der Waals surface area contributed by atoms with Gasteiger partial charge < -0.3 is 5.32 Å². The Labute approximate surface area is 132 Å². The largest absolute Gasteiger partial charge is 0.318 e. The number of H-pyrrole nitrogens is 1. The number of nitrogens with zero attached hydrogens (tertiary/aromatic N) is 3. The average molecular weight is 316 g/mol. The van der Waals surface area contributed by atoms with Gasteiger partial charge in [-0.2, -0.15) is 10.2 Å². The Morgan fingerprint density at radius 2 is 2.27 bits per heavy atom. The van der Waals surface area contributed by atoms with Crippen molar-refractivity contribution in [3.05, 3.63) is 64.7 Å². The van der Waals surface area contributed by atoms with Crippen molar-refractivity contribution in [2.24, 2.45) is 0 Å². The molecule has 1 aromatic carbocycles. The number of anilines is 1. The molecule has 1 amide bonds. The van der Waals surface area contributed by atoms with Gasteiger partial charge >= 0.3 is 0 Å². The van der Waals surface area contributed by atoms with Gasteiger partial charge in [0.05, 0.1) is 29.6 Å². The topological polar surface area (TPSA) is 75.6 Å². The summed E-state index contributed by atoms with van der Waals surface area (Å²) in [7, 11) is 0. The maximum absolute atomic E-state index is 12.0. The highest BCUT2D eigenvalue weighted by Gasteiger charge is 2.13. The molecule has 3 aromatic rings. The molecule has 0 unspecified atom stereocenters. The van der Waals surface area contributed by atoms with Crippen molar-refractivity contribution in [1.29, 1.82) is 0 Å². The SMILES string of the molecule is Cc1cccc(Cn2cc(NC(=O)c3[nH]ncc3Cl)cn2)c1. The molecule has 0 aliphatic heterocycles. The van der Waals surface area contributed by atoms with Crippen molar-refractivity contribution >= 4 is 23.2 Å². The molecule has 0 aliphatic rings. The molecular formula is C15H14ClN5O. The lowest BCUT2D eigenvalue weighted by atomic mass is 10.1. The molecule has 0 atom stereocenters. The van der Waals surface area contributed by atoms with E-state index in [-0.39, 0.29) is 16.6 Å². The third-order valence-corrected chi connectivity index (χ3v) is 3.42. The smallest absolute Gasteiger partial charge is 0.275 e. The molecule has 2 heterocycles. The van der Waals surface area contributed by atoms with Crippen LogP contribution in [-0.4, -0.2) is 25.9 Å². The molecule has 0 fully saturated rings. The van der Waals surface area contributed by atoms with E-state index in [1.807, 2.05) is 25.1 Å². The summed E-state index contributed by atoms with van der Waals surface area (Å²) in [6, 6.07) is 8.20. The van der Waals surface area contributed by atoms with E-state index in [1.165, 1.54) is 11.8 Å². The van der Waals surface area contributed by atoms with Crippen LogP contribution in [0, 0.1) is 6.92 Å². The Balaban J connectivity index is 1.69. The number of benzene rings is 1. The van der Waals surface area contributed by atoms with Crippen molar-refractivity contribution < 1.29 is 4.79 Å². The molecule has 0 bridgehead atoms. The molecule has 0 spiro atoms. The summed E-state index contributed by atoms with van der Waals surface area (Å²) in [6.45, 7) is 2.69. The molecule has 112 valence electrons. The van der Waals surface area contributed by atoms with Crippen LogP contribution in [0.3, 0.4) is 0 Å². The summed E-state index contributed by atoms with van der Waals surface area (Å²) in [4.78, 5) is 12.0. The van der Waals surface area contributed by atoms with Crippen LogP contribution in [0.25, 0.3) is 0 Å². The normalized spacial score (nSPS) is 10.6. The second-order valence-electron chi connectivity index (χ2n) is 4.96. The molecule has 7 heteroatoms. The lowest BCUT2D eigenvalue weighted by Crippen LogP contribution is -2.12. The first-order valence-corrected chi connectivity index (χ1v) is 7.08. The van der Waals surface area contributed by atoms with E-state index in [0.717, 1.165) is 5.56 Å². The van der Waals surface area contributed by atoms with E-state index in [1.54, 1.807) is 17.1 Å². The first-order valence-electron chi connectivity index (χ1n) is 6.70. The molecule has 0 radical (unpaired) electrons. The quantitative estimate of drug-likeness (QED) is 0.777. The van der Waals surface area contributed by atoms with Gasteiger partial charge in [0.15, 0.2) is 0 Å². The van der Waals surface area contributed by atoms with Gasteiger partial charge in [0.25, 0.3) is 5.91 Å². The van der Waals surface area contributed by atoms with Crippen LogP contribution in [0.4, 0.5) is 5.69 Å². The molecule has 0 saturated carbocycles. The summed E-state index contributed by atoms with van der Waals surface area (Å²) in [5.41, 5.74) is 3.18. The fourth-order valence-electron chi connectivity index (χ4n) is 2.14. The molecule has 22 heavy (non-hydrogen) atoms. The van der Waals surface area contributed by atoms with Gasteiger partial charge in [-0.05, 0) is 12.5 Å². The van der Waals surface area contributed by atoms with Gasteiger partial charge in [0, 0.05) is 6.20 Å². The number of carbonyl (C=O) groups is 1. The third-order valence-electron chi connectivity index (χ3n) is 3.14. The Morgan fingerprint density at radius 3 is 3.00 bits per heavy atom. The summed E-state index contributed by atoms with van der Waals surface area (Å²) < 4.78 is 1.76. The van der Waals surface area contributed by atoms with Crippen molar-refractivity contribution in [2.75, 3.05) is 5.32 Å². The lowest BCUT2D eigenvalue weighted by molar-refractivity contribution is 0.102. The first kappa shape index (κ1) is 14.3. The van der Waals surface area contributed by atoms with Crippen molar-refractivity contribution in [2.45, 2.75) is 13.5 Å². The number of carbonyl (C=O) groups excluding carboxylic acids is 1. The predicted octanol–water partition coefficient (Wildman–Crippen LogP) is 2.87. The maximum Gasteiger partial charge on any atom is 0.275 e. The van der Waals surface area contributed by atoms with Gasteiger partial charge in [0.1, 0.15) is 5.69 Å². The van der Waals surface area contributed by atoms with Gasteiger partial charge in [-0.1, -0.05) is 41.4 Å². The van der Waals surface area contributed by atoms with Crippen molar-refractivity contribution in [1.82, 2.24) is 20.0 Å². The number of amides is 1. The van der Waals surface area contributed by atoms with Gasteiger partial charge in [-0.15, -0.1) is 0 Å². The summed E-state index contributed by atoms with van der Waals surface area (Å²) in [6.07, 6.45) is 4.75. The fraction of sp³-hybridized carbons (Fsp3) is 0.133. The van der Waals surface area contributed by atoms with Crippen molar-refractivity contribution in [3.8, 4) is 0 Å². The molecule has 0 aliphatic carbocycles. The van der Waals surface area contributed by atoms with Crippen LogP contribution in [-0.2, 0) is 6.54 Å². The Morgan fingerprint density at radius 1 is 1.41 bits per heavy atom. The van der Waals surface area contributed by atoms with E-state index in [4.69, 9.17) is 11.6 Å². The molecule has 2 N–H and O–H groups in total. The number of aromatic amines is 1. The molecule has 6 nitrogen and oxygen atoms in total. The van der Waals surface area contributed by atoms with Crippen LogP contribution in [0.1, 0.15) is 21.6 Å². The molecule has 2 aromatic heterocycles. The molecule has 3 rings (SSSR count). The van der Waals surface area contributed by atoms with E-state index in [0.29, 0.717) is 12.2 Å². The standard InChI is InChI=1S/C15H14ClN5O/c1-10-3-2-4-11(5-10)8-21-9-12(6-18-21)19-15(22)14-13(16)7-17-20-14/h2-7,9H,8H2,1H3,(H,17,20)(H,19,22). The van der Waals surface area contributed by atoms with Gasteiger partial charge in [-0.25, -0.2) is 0 Å². The minimum Gasteiger partial charge on any atom is -0.318 e. The van der Waals surface area contributed by atoms with E-state index < -0.39 is 0 Å². The second kappa shape index (κ2) is 6.03. The molecular weight excluding hydrogens is 302 g/mol. The van der Waals surface area contributed by atoms with Crippen molar-refractivity contribution in [3.63, 3.8) is 0 Å². The van der Waals surface area contributed by atoms with Crippen LogP contribution >= 0.6 is 11.6 Å². The highest BCUT2D eigenvalue weighted by molar-refractivity contribution is 6.34. The molecule has 0 saturated heterocycles. The zero-order valence-electron chi connectivity index (χ0n) is 11.9. The highest BCUT2D eigenvalue weighted by Crippen LogP contribution is 2.14.